The Morgan fingerprint density at radius 2 is 2.08 bits per heavy atom. The van der Waals surface area contributed by atoms with Crippen molar-refractivity contribution in [2.45, 2.75) is 25.9 Å². The van der Waals surface area contributed by atoms with Gasteiger partial charge in [-0.3, -0.25) is 4.79 Å². The molecular weight excluding hydrogens is 338 g/mol. The van der Waals surface area contributed by atoms with E-state index in [0.717, 1.165) is 17.7 Å². The van der Waals surface area contributed by atoms with Gasteiger partial charge in [0, 0.05) is 22.3 Å². The Labute approximate surface area is 150 Å². The highest BCUT2D eigenvalue weighted by atomic mass is 35.5. The number of hydrogen-bond acceptors (Lipinski definition) is 4. The fraction of sp³-hybridized carbons (Fsp3) is 0.222. The van der Waals surface area contributed by atoms with Gasteiger partial charge in [-0.05, 0) is 42.3 Å². The lowest BCUT2D eigenvalue weighted by Gasteiger charge is -2.22. The Hall–Kier alpha value is -2.73. The molecule has 0 aliphatic carbocycles. The number of amides is 1. The number of halogens is 1. The molecule has 2 heterocycles. The summed E-state index contributed by atoms with van der Waals surface area (Å²) in [6.45, 7) is 2.09. The van der Waals surface area contributed by atoms with Gasteiger partial charge in [-0.1, -0.05) is 41.9 Å². The molecule has 0 saturated carbocycles. The molecule has 3 aromatic rings. The number of fused-ring (bicyclic) bond motifs is 1. The average molecular weight is 354 g/mol. The number of benzene rings is 2. The van der Waals surface area contributed by atoms with Crippen LogP contribution < -0.4 is 4.90 Å². The van der Waals surface area contributed by atoms with Crippen molar-refractivity contribution < 1.29 is 4.79 Å². The number of hydrogen-bond donors (Lipinski definition) is 0. The largest absolute Gasteiger partial charge is 0.307 e. The molecule has 0 saturated heterocycles. The topological polar surface area (TPSA) is 63.9 Å². The molecule has 0 radical (unpaired) electrons. The second-order valence-corrected chi connectivity index (χ2v) is 6.54. The Morgan fingerprint density at radius 1 is 1.24 bits per heavy atom. The molecule has 0 fully saturated rings. The second-order valence-electron chi connectivity index (χ2n) is 6.10. The van der Waals surface area contributed by atoms with Gasteiger partial charge in [-0.25, -0.2) is 0 Å². The molecule has 6 nitrogen and oxygen atoms in total. The molecule has 1 aliphatic rings. The Kier molecular flexibility index (Phi) is 3.97. The minimum atomic E-state index is -0.0486. The standard InChI is InChI=1S/C18H16ClN5O/c1-12-9-13-5-2-3-8-16(13)24(12)17(25)11-23-21-18(20-22-23)14-6-4-7-15(19)10-14/h2-8,10,12H,9,11H2,1H3/t12-/m0/s1. The predicted molar refractivity (Wildman–Crippen MR) is 95.4 cm³/mol. The monoisotopic (exact) mass is 353 g/mol. The second kappa shape index (κ2) is 6.29. The van der Waals surface area contributed by atoms with Crippen molar-refractivity contribution in [2.75, 3.05) is 4.90 Å². The molecule has 0 bridgehead atoms. The summed E-state index contributed by atoms with van der Waals surface area (Å²) in [5.74, 6) is 0.401. The zero-order valence-corrected chi connectivity index (χ0v) is 14.4. The van der Waals surface area contributed by atoms with E-state index in [4.69, 9.17) is 11.6 Å². The van der Waals surface area contributed by atoms with Crippen molar-refractivity contribution in [3.8, 4) is 11.4 Å². The van der Waals surface area contributed by atoms with Crippen LogP contribution in [0.25, 0.3) is 11.4 Å². The van der Waals surface area contributed by atoms with E-state index in [1.54, 1.807) is 12.1 Å². The average Bonchev–Trinajstić information content (AvgIpc) is 3.18. The molecule has 25 heavy (non-hydrogen) atoms. The van der Waals surface area contributed by atoms with Crippen molar-refractivity contribution >= 4 is 23.2 Å². The van der Waals surface area contributed by atoms with E-state index < -0.39 is 0 Å². The zero-order chi connectivity index (χ0) is 17.4. The van der Waals surface area contributed by atoms with Crippen LogP contribution >= 0.6 is 11.6 Å². The van der Waals surface area contributed by atoms with E-state index in [-0.39, 0.29) is 18.5 Å². The van der Waals surface area contributed by atoms with E-state index in [0.29, 0.717) is 10.8 Å². The highest BCUT2D eigenvalue weighted by Crippen LogP contribution is 2.31. The van der Waals surface area contributed by atoms with Crippen LogP contribution in [0.3, 0.4) is 0 Å². The van der Waals surface area contributed by atoms with Gasteiger partial charge in [-0.15, -0.1) is 10.2 Å². The number of rotatable bonds is 3. The maximum absolute atomic E-state index is 12.8. The molecule has 2 aromatic carbocycles. The maximum Gasteiger partial charge on any atom is 0.250 e. The third-order valence-corrected chi connectivity index (χ3v) is 4.52. The summed E-state index contributed by atoms with van der Waals surface area (Å²) < 4.78 is 0. The molecule has 7 heteroatoms. The first-order valence-electron chi connectivity index (χ1n) is 8.05. The van der Waals surface area contributed by atoms with Crippen LogP contribution in [0.2, 0.25) is 5.02 Å². The van der Waals surface area contributed by atoms with Crippen LogP contribution in [0, 0.1) is 0 Å². The number of nitrogens with zero attached hydrogens (tertiary/aromatic N) is 5. The van der Waals surface area contributed by atoms with Crippen molar-refractivity contribution in [3.63, 3.8) is 0 Å². The first kappa shape index (κ1) is 15.8. The van der Waals surface area contributed by atoms with E-state index in [1.807, 2.05) is 42.2 Å². The van der Waals surface area contributed by atoms with E-state index in [2.05, 4.69) is 21.5 Å². The van der Waals surface area contributed by atoms with Crippen LogP contribution in [0.15, 0.2) is 48.5 Å². The summed E-state index contributed by atoms with van der Waals surface area (Å²) >= 11 is 5.99. The molecule has 1 aromatic heterocycles. The molecule has 4 rings (SSSR count). The summed E-state index contributed by atoms with van der Waals surface area (Å²) in [6.07, 6.45) is 0.862. The smallest absolute Gasteiger partial charge is 0.250 e. The number of aromatic nitrogens is 4. The van der Waals surface area contributed by atoms with Crippen molar-refractivity contribution in [1.29, 1.82) is 0 Å². The minimum Gasteiger partial charge on any atom is -0.307 e. The van der Waals surface area contributed by atoms with Gasteiger partial charge in [0.1, 0.15) is 6.54 Å². The normalized spacial score (nSPS) is 16.1. The van der Waals surface area contributed by atoms with Crippen molar-refractivity contribution in [3.05, 3.63) is 59.1 Å². The highest BCUT2D eigenvalue weighted by Gasteiger charge is 2.30. The molecule has 1 aliphatic heterocycles. The molecule has 1 amide bonds. The lowest BCUT2D eigenvalue weighted by molar-refractivity contribution is -0.119. The minimum absolute atomic E-state index is 0.0479. The summed E-state index contributed by atoms with van der Waals surface area (Å²) in [5, 5.41) is 12.9. The van der Waals surface area contributed by atoms with Crippen molar-refractivity contribution in [2.24, 2.45) is 0 Å². The van der Waals surface area contributed by atoms with Gasteiger partial charge in [0.15, 0.2) is 0 Å². The fourth-order valence-corrected chi connectivity index (χ4v) is 3.39. The number of carbonyl (C=O) groups is 1. The molecule has 0 N–H and O–H groups in total. The van der Waals surface area contributed by atoms with Gasteiger partial charge in [0.05, 0.1) is 0 Å². The third kappa shape index (κ3) is 3.00. The van der Waals surface area contributed by atoms with Gasteiger partial charge < -0.3 is 4.90 Å². The summed E-state index contributed by atoms with van der Waals surface area (Å²) in [5.41, 5.74) is 2.93. The van der Waals surface area contributed by atoms with Crippen LogP contribution in [0.1, 0.15) is 12.5 Å². The van der Waals surface area contributed by atoms with E-state index in [1.165, 1.54) is 10.4 Å². The first-order chi connectivity index (χ1) is 12.1. The predicted octanol–water partition coefficient (Wildman–Crippen LogP) is 2.97. The van der Waals surface area contributed by atoms with Crippen LogP contribution in [0.5, 0.6) is 0 Å². The van der Waals surface area contributed by atoms with Crippen LogP contribution in [0.4, 0.5) is 5.69 Å². The number of para-hydroxylation sites is 1. The lowest BCUT2D eigenvalue weighted by Crippen LogP contribution is -2.38. The van der Waals surface area contributed by atoms with Gasteiger partial charge in [0.2, 0.25) is 5.82 Å². The van der Waals surface area contributed by atoms with Crippen LogP contribution in [-0.4, -0.2) is 32.2 Å². The van der Waals surface area contributed by atoms with Gasteiger partial charge >= 0.3 is 0 Å². The molecular formula is C18H16ClN5O. The molecule has 126 valence electrons. The Bertz CT molecular complexity index is 938. The molecule has 0 spiro atoms. The van der Waals surface area contributed by atoms with Crippen LogP contribution in [-0.2, 0) is 17.8 Å². The first-order valence-corrected chi connectivity index (χ1v) is 8.43. The Morgan fingerprint density at radius 3 is 2.92 bits per heavy atom. The molecule has 0 unspecified atom stereocenters. The number of carbonyl (C=O) groups excluding carboxylic acids is 1. The Balaban J connectivity index is 1.54. The molecule has 1 atom stereocenters. The third-order valence-electron chi connectivity index (χ3n) is 4.29. The zero-order valence-electron chi connectivity index (χ0n) is 13.6. The van der Waals surface area contributed by atoms with Gasteiger partial charge in [0.25, 0.3) is 5.91 Å². The number of anilines is 1. The SMILES string of the molecule is C[C@H]1Cc2ccccc2N1C(=O)Cn1nnc(-c2cccc(Cl)c2)n1. The summed E-state index contributed by atoms with van der Waals surface area (Å²) in [4.78, 5) is 15.9. The van der Waals surface area contributed by atoms with Crippen molar-refractivity contribution in [1.82, 2.24) is 20.2 Å². The fourth-order valence-electron chi connectivity index (χ4n) is 3.20. The van der Waals surface area contributed by atoms with Gasteiger partial charge in [-0.2, -0.15) is 4.80 Å². The number of tetrazole rings is 1. The van der Waals surface area contributed by atoms with E-state index in [9.17, 15) is 4.79 Å². The highest BCUT2D eigenvalue weighted by molar-refractivity contribution is 6.30. The quantitative estimate of drug-likeness (QED) is 0.726. The van der Waals surface area contributed by atoms with E-state index >= 15 is 0 Å². The summed E-state index contributed by atoms with van der Waals surface area (Å²) in [7, 11) is 0. The maximum atomic E-state index is 12.8. The lowest BCUT2D eigenvalue weighted by atomic mass is 10.1. The summed E-state index contributed by atoms with van der Waals surface area (Å²) in [6, 6.07) is 15.3.